The highest BCUT2D eigenvalue weighted by Gasteiger charge is 2.06. The second-order valence-corrected chi connectivity index (χ2v) is 4.66. The summed E-state index contributed by atoms with van der Waals surface area (Å²) < 4.78 is 0. The third-order valence-corrected chi connectivity index (χ3v) is 3.22. The van der Waals surface area contributed by atoms with Crippen molar-refractivity contribution >= 4 is 11.8 Å². The minimum atomic E-state index is 0.521. The molecule has 0 saturated heterocycles. The molecule has 2 heteroatoms. The number of benzene rings is 1. The van der Waals surface area contributed by atoms with Crippen LogP contribution in [0.15, 0.2) is 30.3 Å². The quantitative estimate of drug-likeness (QED) is 0.710. The summed E-state index contributed by atoms with van der Waals surface area (Å²) in [5.41, 5.74) is 1.41. The summed E-state index contributed by atoms with van der Waals surface area (Å²) in [5.74, 6) is 1.25. The van der Waals surface area contributed by atoms with Crippen LogP contribution in [0, 0.1) is 0 Å². The van der Waals surface area contributed by atoms with Crippen LogP contribution in [-0.2, 0) is 0 Å². The fourth-order valence-corrected chi connectivity index (χ4v) is 2.11. The van der Waals surface area contributed by atoms with E-state index in [-0.39, 0.29) is 0 Å². The lowest BCUT2D eigenvalue weighted by Gasteiger charge is -2.17. The lowest BCUT2D eigenvalue weighted by Crippen LogP contribution is -2.22. The Kier molecular flexibility index (Phi) is 6.53. The van der Waals surface area contributed by atoms with E-state index in [1.54, 1.807) is 0 Å². The fraction of sp³-hybridized carbons (Fsp3) is 0.538. The number of hydrogen-bond acceptors (Lipinski definition) is 2. The molecule has 15 heavy (non-hydrogen) atoms. The van der Waals surface area contributed by atoms with Crippen molar-refractivity contribution in [2.45, 2.75) is 25.8 Å². The Balaban J connectivity index is 2.36. The predicted octanol–water partition coefficient (Wildman–Crippen LogP) is 3.48. The van der Waals surface area contributed by atoms with Gasteiger partial charge < -0.3 is 5.32 Å². The molecule has 1 nitrogen and oxygen atoms in total. The first-order valence-corrected chi connectivity index (χ1v) is 7.05. The van der Waals surface area contributed by atoms with Gasteiger partial charge in [-0.3, -0.25) is 0 Å². The molecule has 1 aromatic rings. The van der Waals surface area contributed by atoms with Gasteiger partial charge in [0.05, 0.1) is 0 Å². The van der Waals surface area contributed by atoms with Crippen LogP contribution in [0.3, 0.4) is 0 Å². The molecular formula is C13H21NS. The van der Waals surface area contributed by atoms with Crippen molar-refractivity contribution in [3.63, 3.8) is 0 Å². The average Bonchev–Trinajstić information content (AvgIpc) is 2.30. The van der Waals surface area contributed by atoms with Gasteiger partial charge in [-0.25, -0.2) is 0 Å². The van der Waals surface area contributed by atoms with Crippen LogP contribution in [0.25, 0.3) is 0 Å². The third-order valence-electron chi connectivity index (χ3n) is 2.53. The Hall–Kier alpha value is -0.470. The summed E-state index contributed by atoms with van der Waals surface area (Å²) in [7, 11) is 0. The standard InChI is InChI=1S/C13H21NS/c1-3-13(14-10-7-11-15-2)12-8-5-4-6-9-12/h4-6,8-9,13-14H,3,7,10-11H2,1-2H3. The monoisotopic (exact) mass is 223 g/mol. The Morgan fingerprint density at radius 3 is 2.60 bits per heavy atom. The highest BCUT2D eigenvalue weighted by molar-refractivity contribution is 7.98. The maximum absolute atomic E-state index is 3.61. The summed E-state index contributed by atoms with van der Waals surface area (Å²) in [5, 5.41) is 3.61. The lowest BCUT2D eigenvalue weighted by molar-refractivity contribution is 0.520. The summed E-state index contributed by atoms with van der Waals surface area (Å²) in [6.07, 6.45) is 4.57. The summed E-state index contributed by atoms with van der Waals surface area (Å²) >= 11 is 1.92. The molecule has 0 heterocycles. The maximum Gasteiger partial charge on any atom is 0.0317 e. The Bertz CT molecular complexity index is 248. The van der Waals surface area contributed by atoms with Crippen LogP contribution in [0.2, 0.25) is 0 Å². The highest BCUT2D eigenvalue weighted by Crippen LogP contribution is 2.15. The number of rotatable bonds is 7. The van der Waals surface area contributed by atoms with Crippen molar-refractivity contribution in [1.29, 1.82) is 0 Å². The first kappa shape index (κ1) is 12.6. The van der Waals surface area contributed by atoms with E-state index < -0.39 is 0 Å². The molecule has 1 N–H and O–H groups in total. The second-order valence-electron chi connectivity index (χ2n) is 3.67. The van der Waals surface area contributed by atoms with E-state index in [0.29, 0.717) is 6.04 Å². The number of hydrogen-bond donors (Lipinski definition) is 1. The van der Waals surface area contributed by atoms with E-state index in [0.717, 1.165) is 13.0 Å². The zero-order valence-corrected chi connectivity index (χ0v) is 10.5. The largest absolute Gasteiger partial charge is 0.310 e. The SMILES string of the molecule is CCC(NCCCSC)c1ccccc1. The summed E-state index contributed by atoms with van der Waals surface area (Å²) in [6, 6.07) is 11.2. The molecule has 0 aliphatic rings. The third kappa shape index (κ3) is 4.72. The van der Waals surface area contributed by atoms with Crippen molar-refractivity contribution in [2.75, 3.05) is 18.6 Å². The molecule has 0 amide bonds. The van der Waals surface area contributed by atoms with Crippen LogP contribution in [0.4, 0.5) is 0 Å². The Morgan fingerprint density at radius 2 is 2.00 bits per heavy atom. The molecule has 1 rings (SSSR count). The zero-order chi connectivity index (χ0) is 10.9. The van der Waals surface area contributed by atoms with Crippen molar-refractivity contribution in [2.24, 2.45) is 0 Å². The van der Waals surface area contributed by atoms with Crippen LogP contribution in [0.1, 0.15) is 31.4 Å². The predicted molar refractivity (Wildman–Crippen MR) is 70.5 cm³/mol. The lowest BCUT2D eigenvalue weighted by atomic mass is 10.0. The molecule has 0 saturated carbocycles. The van der Waals surface area contributed by atoms with E-state index in [1.165, 1.54) is 17.7 Å². The van der Waals surface area contributed by atoms with E-state index >= 15 is 0 Å². The fourth-order valence-electron chi connectivity index (χ4n) is 1.68. The van der Waals surface area contributed by atoms with Crippen molar-refractivity contribution in [1.82, 2.24) is 5.32 Å². The topological polar surface area (TPSA) is 12.0 Å². The van der Waals surface area contributed by atoms with Gasteiger partial charge >= 0.3 is 0 Å². The molecule has 0 aliphatic carbocycles. The molecule has 0 spiro atoms. The number of nitrogens with one attached hydrogen (secondary N) is 1. The van der Waals surface area contributed by atoms with Gasteiger partial charge in [-0.05, 0) is 37.0 Å². The highest BCUT2D eigenvalue weighted by atomic mass is 32.2. The van der Waals surface area contributed by atoms with Crippen molar-refractivity contribution < 1.29 is 0 Å². The van der Waals surface area contributed by atoms with E-state index in [1.807, 2.05) is 11.8 Å². The normalized spacial score (nSPS) is 12.7. The average molecular weight is 223 g/mol. The van der Waals surface area contributed by atoms with E-state index in [9.17, 15) is 0 Å². The van der Waals surface area contributed by atoms with Gasteiger partial charge in [-0.15, -0.1) is 0 Å². The molecule has 0 radical (unpaired) electrons. The van der Waals surface area contributed by atoms with Crippen LogP contribution < -0.4 is 5.32 Å². The first-order valence-electron chi connectivity index (χ1n) is 5.65. The van der Waals surface area contributed by atoms with Gasteiger partial charge in [0, 0.05) is 6.04 Å². The van der Waals surface area contributed by atoms with Crippen LogP contribution >= 0.6 is 11.8 Å². The minimum Gasteiger partial charge on any atom is -0.310 e. The molecule has 84 valence electrons. The van der Waals surface area contributed by atoms with Gasteiger partial charge in [-0.2, -0.15) is 11.8 Å². The van der Waals surface area contributed by atoms with E-state index in [2.05, 4.69) is 48.8 Å². The van der Waals surface area contributed by atoms with Gasteiger partial charge in [0.2, 0.25) is 0 Å². The molecule has 1 aromatic carbocycles. The second kappa shape index (κ2) is 7.77. The molecule has 1 unspecified atom stereocenters. The minimum absolute atomic E-state index is 0.521. The number of thioether (sulfide) groups is 1. The van der Waals surface area contributed by atoms with Crippen LogP contribution in [0.5, 0.6) is 0 Å². The van der Waals surface area contributed by atoms with Crippen molar-refractivity contribution in [3.05, 3.63) is 35.9 Å². The summed E-state index contributed by atoms with van der Waals surface area (Å²) in [6.45, 7) is 3.35. The first-order chi connectivity index (χ1) is 7.38. The summed E-state index contributed by atoms with van der Waals surface area (Å²) in [4.78, 5) is 0. The Labute approximate surface area is 97.7 Å². The van der Waals surface area contributed by atoms with Gasteiger partial charge in [0.25, 0.3) is 0 Å². The molecule has 0 aliphatic heterocycles. The molecule has 0 bridgehead atoms. The molecule has 0 aromatic heterocycles. The Morgan fingerprint density at radius 1 is 1.27 bits per heavy atom. The molecule has 0 fully saturated rings. The maximum atomic E-state index is 3.61. The zero-order valence-electron chi connectivity index (χ0n) is 9.70. The molecular weight excluding hydrogens is 202 g/mol. The van der Waals surface area contributed by atoms with Gasteiger partial charge in [-0.1, -0.05) is 37.3 Å². The van der Waals surface area contributed by atoms with Gasteiger partial charge in [0.1, 0.15) is 0 Å². The van der Waals surface area contributed by atoms with Crippen LogP contribution in [-0.4, -0.2) is 18.6 Å². The van der Waals surface area contributed by atoms with Crippen molar-refractivity contribution in [3.8, 4) is 0 Å². The molecule has 1 atom stereocenters. The smallest absolute Gasteiger partial charge is 0.0317 e. The van der Waals surface area contributed by atoms with E-state index in [4.69, 9.17) is 0 Å². The van der Waals surface area contributed by atoms with Gasteiger partial charge in [0.15, 0.2) is 0 Å².